The van der Waals surface area contributed by atoms with E-state index in [4.69, 9.17) is 15.2 Å². The molecule has 1 aliphatic heterocycles. The first-order valence-corrected chi connectivity index (χ1v) is 6.41. The molecule has 0 saturated carbocycles. The zero-order chi connectivity index (χ0) is 13.9. The number of piperidine rings is 1. The number of amides is 1. The summed E-state index contributed by atoms with van der Waals surface area (Å²) in [5.74, 6) is 0.897. The van der Waals surface area contributed by atoms with Crippen LogP contribution in [0.5, 0.6) is 11.5 Å². The van der Waals surface area contributed by atoms with Crippen LogP contribution >= 0.6 is 0 Å². The van der Waals surface area contributed by atoms with E-state index in [1.807, 2.05) is 12.1 Å². The SMILES string of the molecule is COc1ccc(C2(C(N)=O)CCCCN2)cc1OC. The van der Waals surface area contributed by atoms with Gasteiger partial charge < -0.3 is 15.2 Å². The summed E-state index contributed by atoms with van der Waals surface area (Å²) in [5.41, 5.74) is 5.66. The molecule has 1 heterocycles. The molecule has 1 aromatic rings. The van der Waals surface area contributed by atoms with Gasteiger partial charge >= 0.3 is 0 Å². The molecule has 1 fully saturated rings. The minimum absolute atomic E-state index is 0.348. The zero-order valence-corrected chi connectivity index (χ0v) is 11.4. The molecule has 2 rings (SSSR count). The van der Waals surface area contributed by atoms with Gasteiger partial charge in [0.25, 0.3) is 0 Å². The molecule has 1 aliphatic rings. The molecule has 0 bridgehead atoms. The first-order chi connectivity index (χ1) is 9.14. The lowest BCUT2D eigenvalue weighted by Crippen LogP contribution is -2.54. The average molecular weight is 264 g/mol. The smallest absolute Gasteiger partial charge is 0.242 e. The number of methoxy groups -OCH3 is 2. The Hall–Kier alpha value is -1.75. The number of hydrogen-bond acceptors (Lipinski definition) is 4. The number of nitrogens with one attached hydrogen (secondary N) is 1. The number of rotatable bonds is 4. The van der Waals surface area contributed by atoms with E-state index in [0.717, 1.165) is 24.9 Å². The first-order valence-electron chi connectivity index (χ1n) is 6.41. The molecule has 1 unspecified atom stereocenters. The molecule has 1 saturated heterocycles. The summed E-state index contributed by atoms with van der Waals surface area (Å²) in [6.45, 7) is 0.789. The zero-order valence-electron chi connectivity index (χ0n) is 11.4. The Balaban J connectivity index is 2.45. The molecule has 3 N–H and O–H groups in total. The second-order valence-electron chi connectivity index (χ2n) is 4.72. The minimum Gasteiger partial charge on any atom is -0.493 e. The predicted molar refractivity (Wildman–Crippen MR) is 72.3 cm³/mol. The lowest BCUT2D eigenvalue weighted by atomic mass is 9.81. The van der Waals surface area contributed by atoms with E-state index < -0.39 is 5.54 Å². The Morgan fingerprint density at radius 3 is 2.53 bits per heavy atom. The molecular formula is C14H20N2O3. The maximum atomic E-state index is 11.9. The van der Waals surface area contributed by atoms with Gasteiger partial charge in [-0.15, -0.1) is 0 Å². The van der Waals surface area contributed by atoms with Gasteiger partial charge in [0.1, 0.15) is 5.54 Å². The fraction of sp³-hybridized carbons (Fsp3) is 0.500. The Morgan fingerprint density at radius 2 is 2.00 bits per heavy atom. The van der Waals surface area contributed by atoms with Crippen LogP contribution in [-0.2, 0) is 10.3 Å². The Bertz CT molecular complexity index is 468. The van der Waals surface area contributed by atoms with Crippen molar-refractivity contribution in [1.29, 1.82) is 0 Å². The number of ether oxygens (including phenoxy) is 2. The molecule has 1 atom stereocenters. The monoisotopic (exact) mass is 264 g/mol. The topological polar surface area (TPSA) is 73.6 Å². The van der Waals surface area contributed by atoms with Crippen LogP contribution in [0, 0.1) is 0 Å². The fourth-order valence-electron chi connectivity index (χ4n) is 2.61. The number of benzene rings is 1. The van der Waals surface area contributed by atoms with Gasteiger partial charge in [-0.2, -0.15) is 0 Å². The molecule has 19 heavy (non-hydrogen) atoms. The Labute approximate surface area is 113 Å². The van der Waals surface area contributed by atoms with Crippen LogP contribution in [0.2, 0.25) is 0 Å². The molecule has 0 aliphatic carbocycles. The van der Waals surface area contributed by atoms with Gasteiger partial charge in [-0.05, 0) is 43.5 Å². The summed E-state index contributed by atoms with van der Waals surface area (Å²) < 4.78 is 10.5. The molecule has 104 valence electrons. The van der Waals surface area contributed by atoms with E-state index >= 15 is 0 Å². The Kier molecular flexibility index (Phi) is 3.95. The van der Waals surface area contributed by atoms with Crippen molar-refractivity contribution in [3.05, 3.63) is 23.8 Å². The molecule has 0 radical (unpaired) electrons. The summed E-state index contributed by atoms with van der Waals surface area (Å²) in [6, 6.07) is 5.49. The summed E-state index contributed by atoms with van der Waals surface area (Å²) in [6.07, 6.45) is 2.74. The average Bonchev–Trinajstić information content (AvgIpc) is 2.47. The van der Waals surface area contributed by atoms with Crippen molar-refractivity contribution >= 4 is 5.91 Å². The van der Waals surface area contributed by atoms with E-state index in [9.17, 15) is 4.79 Å². The predicted octanol–water partition coefficient (Wildman–Crippen LogP) is 1.16. The van der Waals surface area contributed by atoms with Gasteiger partial charge in [-0.3, -0.25) is 10.1 Å². The van der Waals surface area contributed by atoms with Crippen LogP contribution in [-0.4, -0.2) is 26.7 Å². The van der Waals surface area contributed by atoms with Gasteiger partial charge in [0.2, 0.25) is 5.91 Å². The van der Waals surface area contributed by atoms with E-state index in [-0.39, 0.29) is 5.91 Å². The van der Waals surface area contributed by atoms with E-state index in [1.54, 1.807) is 20.3 Å². The van der Waals surface area contributed by atoms with Crippen LogP contribution in [0.1, 0.15) is 24.8 Å². The van der Waals surface area contributed by atoms with Crippen LogP contribution < -0.4 is 20.5 Å². The second-order valence-corrected chi connectivity index (χ2v) is 4.72. The second kappa shape index (κ2) is 5.48. The number of carbonyl (C=O) groups is 1. The van der Waals surface area contributed by atoms with Crippen molar-refractivity contribution in [3.63, 3.8) is 0 Å². The third-order valence-electron chi connectivity index (χ3n) is 3.70. The summed E-state index contributed by atoms with van der Waals surface area (Å²) in [4.78, 5) is 11.9. The largest absolute Gasteiger partial charge is 0.493 e. The highest BCUT2D eigenvalue weighted by Crippen LogP contribution is 2.36. The van der Waals surface area contributed by atoms with Crippen molar-refractivity contribution in [2.75, 3.05) is 20.8 Å². The molecule has 5 nitrogen and oxygen atoms in total. The summed E-state index contributed by atoms with van der Waals surface area (Å²) in [5, 5.41) is 3.27. The van der Waals surface area contributed by atoms with Crippen LogP contribution in [0.15, 0.2) is 18.2 Å². The summed E-state index contributed by atoms with van der Waals surface area (Å²) in [7, 11) is 3.16. The Morgan fingerprint density at radius 1 is 1.26 bits per heavy atom. The minimum atomic E-state index is -0.794. The lowest BCUT2D eigenvalue weighted by molar-refractivity contribution is -0.125. The summed E-state index contributed by atoms with van der Waals surface area (Å²) >= 11 is 0. The van der Waals surface area contributed by atoms with Crippen LogP contribution in [0.3, 0.4) is 0 Å². The van der Waals surface area contributed by atoms with Gasteiger partial charge in [-0.25, -0.2) is 0 Å². The molecule has 5 heteroatoms. The van der Waals surface area contributed by atoms with Crippen LogP contribution in [0.25, 0.3) is 0 Å². The van der Waals surface area contributed by atoms with Gasteiger partial charge in [0, 0.05) is 0 Å². The van der Waals surface area contributed by atoms with Crippen LogP contribution in [0.4, 0.5) is 0 Å². The number of nitrogens with two attached hydrogens (primary N) is 1. The van der Waals surface area contributed by atoms with E-state index in [0.29, 0.717) is 17.9 Å². The number of primary amides is 1. The van der Waals surface area contributed by atoms with Crippen molar-refractivity contribution < 1.29 is 14.3 Å². The van der Waals surface area contributed by atoms with E-state index in [1.165, 1.54) is 0 Å². The molecule has 1 aromatic carbocycles. The highest BCUT2D eigenvalue weighted by atomic mass is 16.5. The lowest BCUT2D eigenvalue weighted by Gasteiger charge is -2.36. The van der Waals surface area contributed by atoms with Crippen molar-refractivity contribution in [1.82, 2.24) is 5.32 Å². The van der Waals surface area contributed by atoms with Crippen molar-refractivity contribution in [3.8, 4) is 11.5 Å². The highest BCUT2D eigenvalue weighted by Gasteiger charge is 2.39. The van der Waals surface area contributed by atoms with E-state index in [2.05, 4.69) is 5.32 Å². The third-order valence-corrected chi connectivity index (χ3v) is 3.70. The van der Waals surface area contributed by atoms with Gasteiger partial charge in [0.15, 0.2) is 11.5 Å². The maximum Gasteiger partial charge on any atom is 0.242 e. The fourth-order valence-corrected chi connectivity index (χ4v) is 2.61. The van der Waals surface area contributed by atoms with Gasteiger partial charge in [0.05, 0.1) is 14.2 Å². The standard InChI is InChI=1S/C14H20N2O3/c1-18-11-6-5-10(9-12(11)19-2)14(13(15)17)7-3-4-8-16-14/h5-6,9,16H,3-4,7-8H2,1-2H3,(H2,15,17). The molecule has 0 spiro atoms. The number of hydrogen-bond donors (Lipinski definition) is 2. The third kappa shape index (κ3) is 2.38. The normalized spacial score (nSPS) is 22.8. The van der Waals surface area contributed by atoms with Gasteiger partial charge in [-0.1, -0.05) is 6.07 Å². The number of carbonyl (C=O) groups excluding carboxylic acids is 1. The molecule has 1 amide bonds. The highest BCUT2D eigenvalue weighted by molar-refractivity contribution is 5.86. The molecular weight excluding hydrogens is 244 g/mol. The maximum absolute atomic E-state index is 11.9. The molecule has 0 aromatic heterocycles. The van der Waals surface area contributed by atoms with Crippen molar-refractivity contribution in [2.45, 2.75) is 24.8 Å². The first kappa shape index (κ1) is 13.7. The quantitative estimate of drug-likeness (QED) is 0.856. The van der Waals surface area contributed by atoms with Crippen molar-refractivity contribution in [2.24, 2.45) is 5.73 Å².